The number of imide groups is 1. The van der Waals surface area contributed by atoms with Crippen molar-refractivity contribution in [1.82, 2.24) is 15.1 Å². The first-order valence-corrected chi connectivity index (χ1v) is 9.60. The van der Waals surface area contributed by atoms with Gasteiger partial charge in [0.25, 0.3) is 5.91 Å². The molecule has 1 N–H and O–H groups in total. The van der Waals surface area contributed by atoms with Crippen LogP contribution in [0.5, 0.6) is 0 Å². The maximum Gasteiger partial charge on any atom is 0.325 e. The Morgan fingerprint density at radius 3 is 2.64 bits per heavy atom. The van der Waals surface area contributed by atoms with Gasteiger partial charge in [0, 0.05) is 19.3 Å². The summed E-state index contributed by atoms with van der Waals surface area (Å²) in [7, 11) is 1.69. The predicted octanol–water partition coefficient (Wildman–Crippen LogP) is 2.58. The number of carbonyl (C=O) groups is 2. The quantitative estimate of drug-likeness (QED) is 0.876. The fourth-order valence-electron chi connectivity index (χ4n) is 3.02. The fraction of sp³-hybridized carbons (Fsp3) is 0.500. The second kappa shape index (κ2) is 7.47. The summed E-state index contributed by atoms with van der Waals surface area (Å²) in [5, 5.41) is 3.28. The number of amides is 3. The lowest BCUT2D eigenvalue weighted by atomic mass is 10.1. The zero-order valence-electron chi connectivity index (χ0n) is 14.9. The van der Waals surface area contributed by atoms with Crippen LogP contribution in [0, 0.1) is 6.92 Å². The van der Waals surface area contributed by atoms with Crippen LogP contribution in [-0.4, -0.2) is 52.7 Å². The minimum atomic E-state index is -0.432. The van der Waals surface area contributed by atoms with Crippen molar-refractivity contribution < 1.29 is 9.59 Å². The Morgan fingerprint density at radius 1 is 1.24 bits per heavy atom. The van der Waals surface area contributed by atoms with E-state index in [1.165, 1.54) is 16.0 Å². The standard InChI is InChI=1S/C18H24N4O2S/c1-4-5-10-22-14-15(21(3)17(24)20-16(14)23)19-18(22)25-11-13-8-6-12(2)7-9-13/h6-9,14-15H,4-5,10-11H2,1-3H3,(H,20,23,24). The number of amidine groups is 1. The molecule has 0 aliphatic carbocycles. The van der Waals surface area contributed by atoms with Gasteiger partial charge in [0.15, 0.2) is 17.4 Å². The average Bonchev–Trinajstić information content (AvgIpc) is 2.96. The number of thioether (sulfide) groups is 1. The summed E-state index contributed by atoms with van der Waals surface area (Å²) in [5.74, 6) is 0.541. The van der Waals surface area contributed by atoms with E-state index in [1.807, 2.05) is 0 Å². The molecule has 0 radical (unpaired) electrons. The summed E-state index contributed by atoms with van der Waals surface area (Å²) in [6, 6.07) is 7.62. The van der Waals surface area contributed by atoms with E-state index < -0.39 is 12.2 Å². The van der Waals surface area contributed by atoms with Crippen molar-refractivity contribution >= 4 is 28.9 Å². The summed E-state index contributed by atoms with van der Waals surface area (Å²) in [6.07, 6.45) is 1.59. The summed E-state index contributed by atoms with van der Waals surface area (Å²) in [6.45, 7) is 4.97. The monoisotopic (exact) mass is 360 g/mol. The van der Waals surface area contributed by atoms with Gasteiger partial charge in [-0.3, -0.25) is 10.1 Å². The number of unbranched alkanes of at least 4 members (excludes halogenated alkanes) is 1. The highest BCUT2D eigenvalue weighted by molar-refractivity contribution is 8.13. The molecule has 25 heavy (non-hydrogen) atoms. The summed E-state index contributed by atoms with van der Waals surface area (Å²) < 4.78 is 0. The Balaban J connectivity index is 1.78. The second-order valence-corrected chi connectivity index (χ2v) is 7.44. The molecule has 0 aromatic heterocycles. The van der Waals surface area contributed by atoms with Crippen molar-refractivity contribution in [2.75, 3.05) is 13.6 Å². The molecule has 7 heteroatoms. The number of hydrogen-bond acceptors (Lipinski definition) is 5. The Labute approximate surface area is 152 Å². The van der Waals surface area contributed by atoms with Crippen LogP contribution in [0.2, 0.25) is 0 Å². The van der Waals surface area contributed by atoms with Crippen LogP contribution in [0.3, 0.4) is 0 Å². The molecular weight excluding hydrogens is 336 g/mol. The normalized spacial score (nSPS) is 22.8. The number of aliphatic imine (C=N–C) groups is 1. The molecule has 1 aromatic carbocycles. The van der Waals surface area contributed by atoms with E-state index in [4.69, 9.17) is 4.99 Å². The average molecular weight is 360 g/mol. The fourth-order valence-corrected chi connectivity index (χ4v) is 4.06. The molecule has 0 spiro atoms. The van der Waals surface area contributed by atoms with Gasteiger partial charge in [-0.15, -0.1) is 0 Å². The lowest BCUT2D eigenvalue weighted by Crippen LogP contribution is -2.63. The topological polar surface area (TPSA) is 65.0 Å². The first-order valence-electron chi connectivity index (χ1n) is 8.61. The van der Waals surface area contributed by atoms with Crippen molar-refractivity contribution in [3.63, 3.8) is 0 Å². The van der Waals surface area contributed by atoms with E-state index >= 15 is 0 Å². The molecular formula is C18H24N4O2S. The molecule has 1 saturated heterocycles. The number of carbonyl (C=O) groups excluding carboxylic acids is 2. The van der Waals surface area contributed by atoms with Gasteiger partial charge in [0.2, 0.25) is 0 Å². The molecule has 1 fully saturated rings. The lowest BCUT2D eigenvalue weighted by molar-refractivity contribution is -0.127. The highest BCUT2D eigenvalue weighted by atomic mass is 32.2. The van der Waals surface area contributed by atoms with E-state index in [0.717, 1.165) is 30.3 Å². The number of nitrogens with zero attached hydrogens (tertiary/aromatic N) is 3. The van der Waals surface area contributed by atoms with Crippen molar-refractivity contribution in [3.05, 3.63) is 35.4 Å². The summed E-state index contributed by atoms with van der Waals surface area (Å²) in [5.41, 5.74) is 2.46. The molecule has 3 rings (SSSR count). The zero-order chi connectivity index (χ0) is 18.0. The molecule has 2 heterocycles. The molecule has 2 aliphatic rings. The number of nitrogens with one attached hydrogen (secondary N) is 1. The van der Waals surface area contributed by atoms with Gasteiger partial charge in [-0.25, -0.2) is 9.79 Å². The van der Waals surface area contributed by atoms with Gasteiger partial charge in [-0.2, -0.15) is 0 Å². The Morgan fingerprint density at radius 2 is 1.96 bits per heavy atom. The van der Waals surface area contributed by atoms with Crippen LogP contribution in [0.1, 0.15) is 30.9 Å². The maximum atomic E-state index is 12.4. The molecule has 2 atom stereocenters. The van der Waals surface area contributed by atoms with Gasteiger partial charge in [0.05, 0.1) is 0 Å². The van der Waals surface area contributed by atoms with Crippen LogP contribution in [0.4, 0.5) is 4.79 Å². The third kappa shape index (κ3) is 3.66. The van der Waals surface area contributed by atoms with Crippen molar-refractivity contribution in [3.8, 4) is 0 Å². The van der Waals surface area contributed by atoms with Crippen LogP contribution >= 0.6 is 11.8 Å². The number of benzene rings is 1. The highest BCUT2D eigenvalue weighted by Crippen LogP contribution is 2.30. The van der Waals surface area contributed by atoms with Crippen LogP contribution in [-0.2, 0) is 10.5 Å². The summed E-state index contributed by atoms with van der Waals surface area (Å²) >= 11 is 1.63. The molecule has 0 bridgehead atoms. The third-order valence-corrected chi connectivity index (χ3v) is 5.64. The number of fused-ring (bicyclic) bond motifs is 1. The van der Waals surface area contributed by atoms with E-state index in [9.17, 15) is 9.59 Å². The largest absolute Gasteiger partial charge is 0.336 e. The van der Waals surface area contributed by atoms with E-state index in [2.05, 4.69) is 48.3 Å². The maximum absolute atomic E-state index is 12.4. The van der Waals surface area contributed by atoms with E-state index in [1.54, 1.807) is 18.8 Å². The van der Waals surface area contributed by atoms with Crippen molar-refractivity contribution in [2.45, 2.75) is 44.6 Å². The van der Waals surface area contributed by atoms with E-state index in [0.29, 0.717) is 0 Å². The number of hydrogen-bond donors (Lipinski definition) is 1. The predicted molar refractivity (Wildman–Crippen MR) is 100 cm³/mol. The van der Waals surface area contributed by atoms with Crippen LogP contribution in [0.25, 0.3) is 0 Å². The highest BCUT2D eigenvalue weighted by Gasteiger charge is 2.48. The summed E-state index contributed by atoms with van der Waals surface area (Å²) in [4.78, 5) is 32.6. The van der Waals surface area contributed by atoms with E-state index in [-0.39, 0.29) is 11.9 Å². The van der Waals surface area contributed by atoms with Crippen LogP contribution in [0.15, 0.2) is 29.3 Å². The Kier molecular flexibility index (Phi) is 5.32. The molecule has 0 saturated carbocycles. The SMILES string of the molecule is CCCCN1C(SCc2ccc(C)cc2)=NC2C1C(=O)NC(=O)N2C. The van der Waals surface area contributed by atoms with Gasteiger partial charge >= 0.3 is 6.03 Å². The number of likely N-dealkylation sites (N-methyl/N-ethyl adjacent to an activating group) is 1. The number of urea groups is 1. The minimum Gasteiger partial charge on any atom is -0.336 e. The molecule has 3 amide bonds. The molecule has 2 aliphatic heterocycles. The first kappa shape index (κ1) is 17.8. The van der Waals surface area contributed by atoms with Gasteiger partial charge in [-0.1, -0.05) is 54.9 Å². The van der Waals surface area contributed by atoms with Crippen LogP contribution < -0.4 is 5.32 Å². The molecule has 6 nitrogen and oxygen atoms in total. The third-order valence-electron chi connectivity index (χ3n) is 4.56. The van der Waals surface area contributed by atoms with Gasteiger partial charge in [-0.05, 0) is 18.9 Å². The van der Waals surface area contributed by atoms with Crippen molar-refractivity contribution in [2.24, 2.45) is 4.99 Å². The van der Waals surface area contributed by atoms with Gasteiger partial charge in [0.1, 0.15) is 0 Å². The Bertz CT molecular complexity index is 689. The molecule has 134 valence electrons. The minimum absolute atomic E-state index is 0.251. The molecule has 1 aromatic rings. The smallest absolute Gasteiger partial charge is 0.325 e. The van der Waals surface area contributed by atoms with Gasteiger partial charge < -0.3 is 9.80 Å². The number of aryl methyl sites for hydroxylation is 1. The second-order valence-electron chi connectivity index (χ2n) is 6.50. The molecule has 2 unspecified atom stereocenters. The zero-order valence-corrected chi connectivity index (χ0v) is 15.7. The number of rotatable bonds is 5. The Hall–Kier alpha value is -2.02. The lowest BCUT2D eigenvalue weighted by Gasteiger charge is -2.36. The first-order chi connectivity index (χ1) is 12.0. The van der Waals surface area contributed by atoms with Crippen molar-refractivity contribution in [1.29, 1.82) is 0 Å².